The van der Waals surface area contributed by atoms with Crippen molar-refractivity contribution >= 4 is 41.2 Å². The van der Waals surface area contributed by atoms with Gasteiger partial charge in [0.15, 0.2) is 0 Å². The van der Waals surface area contributed by atoms with E-state index in [0.717, 1.165) is 23.3 Å². The minimum atomic E-state index is -4.62. The lowest BCUT2D eigenvalue weighted by molar-refractivity contribution is -0.142. The molecule has 2 heterocycles. The molecule has 6 N–H and O–H groups in total. The average Bonchev–Trinajstić information content (AvgIpc) is 3.63. The highest BCUT2D eigenvalue weighted by molar-refractivity contribution is 5.97. The number of halogens is 3. The molecule has 12 nitrogen and oxygen atoms in total. The second kappa shape index (κ2) is 18.2. The van der Waals surface area contributed by atoms with E-state index in [9.17, 15) is 47.0 Å². The van der Waals surface area contributed by atoms with Gasteiger partial charge in [-0.15, -0.1) is 0 Å². The van der Waals surface area contributed by atoms with Gasteiger partial charge < -0.3 is 31.7 Å². The van der Waals surface area contributed by atoms with Gasteiger partial charge in [0, 0.05) is 37.8 Å². The van der Waals surface area contributed by atoms with Crippen LogP contribution in [-0.2, 0) is 67.0 Å². The predicted octanol–water partition coefficient (Wildman–Crippen LogP) is 3.90. The molecule has 302 valence electrons. The third-order valence-electron chi connectivity index (χ3n) is 10.3. The Morgan fingerprint density at radius 2 is 1.14 bits per heavy atom. The lowest BCUT2D eigenvalue weighted by Gasteiger charge is -2.28. The first-order valence-electron chi connectivity index (χ1n) is 18.8. The van der Waals surface area contributed by atoms with Crippen molar-refractivity contribution in [1.82, 2.24) is 21.3 Å². The van der Waals surface area contributed by atoms with Crippen molar-refractivity contribution < 1.29 is 47.0 Å². The van der Waals surface area contributed by atoms with E-state index >= 15 is 0 Å². The maximum absolute atomic E-state index is 14.4. The number of amides is 5. The van der Waals surface area contributed by atoms with Gasteiger partial charge in [0.25, 0.3) is 0 Å². The van der Waals surface area contributed by atoms with Crippen molar-refractivity contribution in [2.75, 3.05) is 5.32 Å². The summed E-state index contributed by atoms with van der Waals surface area (Å²) in [6.07, 6.45) is -4.87. The maximum Gasteiger partial charge on any atom is 0.416 e. The Morgan fingerprint density at radius 3 is 1.72 bits per heavy atom. The Morgan fingerprint density at radius 1 is 0.603 bits per heavy atom. The monoisotopic (exact) mass is 797 g/mol. The Balaban J connectivity index is 1.36. The summed E-state index contributed by atoms with van der Waals surface area (Å²) in [6, 6.07) is 21.0. The van der Waals surface area contributed by atoms with E-state index in [1.807, 2.05) is 24.3 Å². The fourth-order valence-electron chi connectivity index (χ4n) is 7.22. The van der Waals surface area contributed by atoms with E-state index in [1.165, 1.54) is 12.1 Å². The Hall–Kier alpha value is -6.51. The fraction of sp³-hybridized carbons (Fsp3) is 0.302. The fourth-order valence-corrected chi connectivity index (χ4v) is 7.22. The minimum Gasteiger partial charge on any atom is -0.480 e. The van der Waals surface area contributed by atoms with Gasteiger partial charge in [-0.3, -0.25) is 24.0 Å². The summed E-state index contributed by atoms with van der Waals surface area (Å²) in [5, 5.41) is 23.5. The first kappa shape index (κ1) is 41.1. The number of nitrogens with one attached hydrogen (secondary N) is 5. The van der Waals surface area contributed by atoms with Crippen LogP contribution < -0.4 is 26.6 Å². The highest BCUT2D eigenvalue weighted by atomic mass is 19.4. The van der Waals surface area contributed by atoms with Crippen LogP contribution in [0.3, 0.4) is 0 Å². The van der Waals surface area contributed by atoms with Gasteiger partial charge in [-0.1, -0.05) is 78.9 Å². The molecule has 58 heavy (non-hydrogen) atoms. The number of fused-ring (bicyclic) bond motifs is 19. The first-order valence-corrected chi connectivity index (χ1v) is 18.8. The number of rotatable bonds is 6. The highest BCUT2D eigenvalue weighted by Crippen LogP contribution is 2.30. The summed E-state index contributed by atoms with van der Waals surface area (Å²) in [4.78, 5) is 81.3. The molecule has 0 radical (unpaired) electrons. The van der Waals surface area contributed by atoms with E-state index in [0.29, 0.717) is 29.7 Å². The molecular weight excluding hydrogens is 755 g/mol. The molecule has 0 saturated carbocycles. The van der Waals surface area contributed by atoms with Crippen molar-refractivity contribution in [1.29, 1.82) is 0 Å². The van der Waals surface area contributed by atoms with Gasteiger partial charge in [-0.05, 0) is 70.8 Å². The first-order chi connectivity index (χ1) is 27.7. The molecule has 0 fully saturated rings. The third-order valence-corrected chi connectivity index (χ3v) is 10.3. The van der Waals surface area contributed by atoms with E-state index in [2.05, 4.69) is 26.6 Å². The lowest BCUT2D eigenvalue weighted by atomic mass is 9.94. The molecule has 0 spiro atoms. The van der Waals surface area contributed by atoms with Crippen molar-refractivity contribution in [3.63, 3.8) is 0 Å². The van der Waals surface area contributed by atoms with Crippen LogP contribution in [0.4, 0.5) is 18.9 Å². The second-order valence-electron chi connectivity index (χ2n) is 14.5. The number of anilines is 1. The van der Waals surface area contributed by atoms with Crippen LogP contribution in [0.25, 0.3) is 0 Å². The largest absolute Gasteiger partial charge is 0.480 e. The number of benzene rings is 4. The molecule has 4 aromatic carbocycles. The number of aliphatic carboxylic acids is 1. The van der Waals surface area contributed by atoms with Crippen molar-refractivity contribution in [3.05, 3.63) is 137 Å². The highest BCUT2D eigenvalue weighted by Gasteiger charge is 2.37. The smallest absolute Gasteiger partial charge is 0.416 e. The SMILES string of the molecule is O=C1CCC(=O)NC(C2Cc3ccccc3C2)C(=O)NC(Cc2ccc(C(F)(F)F)cc2)C(=O)NC(Cc2ccccc2)C(=O)NC(C(=O)O)Cc2ccc(cc2)N1. The molecule has 3 aliphatic rings. The maximum atomic E-state index is 14.4. The van der Waals surface area contributed by atoms with Gasteiger partial charge in [-0.25, -0.2) is 4.79 Å². The summed E-state index contributed by atoms with van der Waals surface area (Å²) in [5.74, 6) is -5.38. The van der Waals surface area contributed by atoms with Gasteiger partial charge in [0.2, 0.25) is 29.5 Å². The van der Waals surface area contributed by atoms with Crippen LogP contribution in [0.5, 0.6) is 0 Å². The molecule has 2 bridgehead atoms. The van der Waals surface area contributed by atoms with Crippen LogP contribution in [0.2, 0.25) is 0 Å². The zero-order chi connectivity index (χ0) is 41.4. The number of hydrogen-bond donors (Lipinski definition) is 6. The van der Waals surface area contributed by atoms with Gasteiger partial charge in [0.1, 0.15) is 24.2 Å². The average molecular weight is 798 g/mol. The number of carboxylic acid groups (broad SMARTS) is 1. The zero-order valence-electron chi connectivity index (χ0n) is 31.2. The molecule has 15 heteroatoms. The number of hydrogen-bond acceptors (Lipinski definition) is 6. The summed E-state index contributed by atoms with van der Waals surface area (Å²) in [5.41, 5.74) is 2.79. The molecule has 0 aromatic heterocycles. The summed E-state index contributed by atoms with van der Waals surface area (Å²) < 4.78 is 40.3. The van der Waals surface area contributed by atoms with Crippen molar-refractivity contribution in [3.8, 4) is 0 Å². The Kier molecular flexibility index (Phi) is 12.9. The van der Waals surface area contributed by atoms with E-state index in [1.54, 1.807) is 54.6 Å². The Labute approximate surface area is 332 Å². The zero-order valence-corrected chi connectivity index (χ0v) is 31.2. The quantitative estimate of drug-likeness (QED) is 0.160. The van der Waals surface area contributed by atoms with Gasteiger partial charge in [-0.2, -0.15) is 13.2 Å². The predicted molar refractivity (Wildman–Crippen MR) is 206 cm³/mol. The number of alkyl halides is 3. The number of carboxylic acids is 1. The van der Waals surface area contributed by atoms with Crippen LogP contribution in [0.15, 0.2) is 103 Å². The second-order valence-corrected chi connectivity index (χ2v) is 14.5. The number of carbonyl (C=O) groups excluding carboxylic acids is 5. The lowest BCUT2D eigenvalue weighted by Crippen LogP contribution is -2.59. The van der Waals surface area contributed by atoms with Crippen molar-refractivity contribution in [2.24, 2.45) is 5.92 Å². The molecule has 4 aromatic rings. The molecule has 4 unspecified atom stereocenters. The topological polar surface area (TPSA) is 183 Å². The summed E-state index contributed by atoms with van der Waals surface area (Å²) >= 11 is 0. The third kappa shape index (κ3) is 10.9. The molecule has 4 atom stereocenters. The molecule has 2 aliphatic heterocycles. The van der Waals surface area contributed by atoms with E-state index in [4.69, 9.17) is 0 Å². The molecule has 0 saturated heterocycles. The summed E-state index contributed by atoms with van der Waals surface area (Å²) in [6.45, 7) is 0. The normalized spacial score (nSPS) is 21.4. The Bertz CT molecular complexity index is 2120. The number of carbonyl (C=O) groups is 6. The van der Waals surface area contributed by atoms with Crippen LogP contribution in [0.1, 0.15) is 46.2 Å². The molecular formula is C43H42F3N5O7. The molecule has 1 aliphatic carbocycles. The van der Waals surface area contributed by atoms with E-state index in [-0.39, 0.29) is 37.7 Å². The minimum absolute atomic E-state index is 0.0842. The molecule has 7 rings (SSSR count). The molecule has 5 amide bonds. The summed E-state index contributed by atoms with van der Waals surface area (Å²) in [7, 11) is 0. The van der Waals surface area contributed by atoms with Crippen LogP contribution >= 0.6 is 0 Å². The van der Waals surface area contributed by atoms with Crippen LogP contribution in [0, 0.1) is 5.92 Å². The van der Waals surface area contributed by atoms with Gasteiger partial charge >= 0.3 is 12.1 Å². The standard InChI is InChI=1S/C43H42F3N5O7/c44-43(45,46)31-14-10-26(11-15-31)21-34-39(54)48-33(20-25-6-2-1-3-7-25)40(55)50-35(42(57)58)22-27-12-16-32(17-13-27)47-36(52)18-19-37(53)51-38(41(56)49-34)30-23-28-8-4-5-9-29(28)24-30/h1-17,30,33-35,38H,18-24H2,(H,47,52)(H,48,54)(H,49,56)(H,50,55)(H,51,53)(H,57,58). The van der Waals surface area contributed by atoms with Crippen molar-refractivity contribution in [2.45, 2.75) is 75.3 Å². The van der Waals surface area contributed by atoms with Crippen LogP contribution in [-0.4, -0.2) is 64.8 Å². The van der Waals surface area contributed by atoms with Gasteiger partial charge in [0.05, 0.1) is 5.56 Å². The van der Waals surface area contributed by atoms with E-state index < -0.39 is 77.3 Å².